The van der Waals surface area contributed by atoms with Gasteiger partial charge in [0.2, 0.25) is 0 Å². The van der Waals surface area contributed by atoms with E-state index >= 15 is 0 Å². The highest BCUT2D eigenvalue weighted by Gasteiger charge is 2.20. The van der Waals surface area contributed by atoms with E-state index in [1.165, 1.54) is 25.7 Å². The lowest BCUT2D eigenvalue weighted by Gasteiger charge is -2.25. The fourth-order valence-corrected chi connectivity index (χ4v) is 2.92. The molecule has 0 bridgehead atoms. The highest BCUT2D eigenvalue weighted by atomic mass is 16.1. The molecule has 2 aliphatic heterocycles. The Labute approximate surface area is 98.4 Å². The third-order valence-electron chi connectivity index (χ3n) is 3.83. The fraction of sp³-hybridized carbons (Fsp3) is 0.923. The van der Waals surface area contributed by atoms with Gasteiger partial charge < -0.3 is 10.6 Å². The third-order valence-corrected chi connectivity index (χ3v) is 3.83. The Hall–Kier alpha value is -0.410. The smallest absolute Gasteiger partial charge is 0.133 e. The minimum Gasteiger partial charge on any atom is -0.316 e. The average molecular weight is 224 g/mol. The molecule has 2 unspecified atom stereocenters. The summed E-state index contributed by atoms with van der Waals surface area (Å²) in [7, 11) is 0. The van der Waals surface area contributed by atoms with Crippen molar-refractivity contribution in [1.82, 2.24) is 10.6 Å². The van der Waals surface area contributed by atoms with Crippen LogP contribution in [0.15, 0.2) is 0 Å². The maximum absolute atomic E-state index is 11.9. The molecular formula is C13H24N2O. The number of nitrogens with one attached hydrogen (secondary N) is 2. The Balaban J connectivity index is 1.66. The molecule has 2 heterocycles. The molecule has 3 heteroatoms. The van der Waals surface area contributed by atoms with Gasteiger partial charge in [-0.1, -0.05) is 0 Å². The zero-order chi connectivity index (χ0) is 11.2. The number of carbonyl (C=O) groups is 1. The predicted molar refractivity (Wildman–Crippen MR) is 65.4 cm³/mol. The molecule has 0 aromatic carbocycles. The lowest BCUT2D eigenvalue weighted by atomic mass is 9.88. The van der Waals surface area contributed by atoms with Crippen LogP contribution in [0.1, 0.15) is 38.5 Å². The van der Waals surface area contributed by atoms with Crippen LogP contribution in [-0.4, -0.2) is 32.0 Å². The van der Waals surface area contributed by atoms with Crippen molar-refractivity contribution in [2.45, 2.75) is 38.5 Å². The number of piperidine rings is 2. The van der Waals surface area contributed by atoms with Crippen molar-refractivity contribution in [3.63, 3.8) is 0 Å². The molecule has 2 saturated heterocycles. The van der Waals surface area contributed by atoms with E-state index in [0.717, 1.165) is 39.0 Å². The van der Waals surface area contributed by atoms with Crippen molar-refractivity contribution in [3.05, 3.63) is 0 Å². The molecule has 2 rings (SSSR count). The van der Waals surface area contributed by atoms with E-state index in [9.17, 15) is 4.79 Å². The maximum Gasteiger partial charge on any atom is 0.133 e. The SMILES string of the molecule is O=C(CC1CCCNC1)CC1CCCNC1. The summed E-state index contributed by atoms with van der Waals surface area (Å²) in [6.07, 6.45) is 6.57. The van der Waals surface area contributed by atoms with Crippen LogP contribution in [0.4, 0.5) is 0 Å². The summed E-state index contributed by atoms with van der Waals surface area (Å²) in [5.74, 6) is 1.71. The number of rotatable bonds is 4. The molecule has 92 valence electrons. The van der Waals surface area contributed by atoms with E-state index in [1.54, 1.807) is 0 Å². The quantitative estimate of drug-likeness (QED) is 0.757. The Morgan fingerprint density at radius 1 is 0.938 bits per heavy atom. The highest BCUT2D eigenvalue weighted by molar-refractivity contribution is 5.78. The molecule has 3 nitrogen and oxygen atoms in total. The van der Waals surface area contributed by atoms with Crippen LogP contribution in [0.5, 0.6) is 0 Å². The summed E-state index contributed by atoms with van der Waals surface area (Å²) in [4.78, 5) is 11.9. The number of Topliss-reactive ketones (excluding diaryl/α,β-unsaturated/α-hetero) is 1. The molecule has 0 spiro atoms. The van der Waals surface area contributed by atoms with E-state index in [0.29, 0.717) is 17.6 Å². The van der Waals surface area contributed by atoms with Crippen LogP contribution in [-0.2, 0) is 4.79 Å². The van der Waals surface area contributed by atoms with Crippen LogP contribution in [0, 0.1) is 11.8 Å². The summed E-state index contributed by atoms with van der Waals surface area (Å²) in [5.41, 5.74) is 0. The largest absolute Gasteiger partial charge is 0.316 e. The molecular weight excluding hydrogens is 200 g/mol. The lowest BCUT2D eigenvalue weighted by molar-refractivity contribution is -0.121. The number of hydrogen-bond acceptors (Lipinski definition) is 3. The molecule has 16 heavy (non-hydrogen) atoms. The van der Waals surface area contributed by atoms with Gasteiger partial charge in [0.05, 0.1) is 0 Å². The maximum atomic E-state index is 11.9. The van der Waals surface area contributed by atoms with Crippen molar-refractivity contribution in [2.24, 2.45) is 11.8 Å². The zero-order valence-corrected chi connectivity index (χ0v) is 10.1. The van der Waals surface area contributed by atoms with Crippen LogP contribution < -0.4 is 10.6 Å². The van der Waals surface area contributed by atoms with Gasteiger partial charge in [0, 0.05) is 12.8 Å². The first-order valence-corrected chi connectivity index (χ1v) is 6.77. The number of ketones is 1. The summed E-state index contributed by atoms with van der Waals surface area (Å²) in [5, 5.41) is 6.76. The lowest BCUT2D eigenvalue weighted by Crippen LogP contribution is -2.33. The van der Waals surface area contributed by atoms with Crippen molar-refractivity contribution in [2.75, 3.05) is 26.2 Å². The minimum absolute atomic E-state index is 0.488. The van der Waals surface area contributed by atoms with Gasteiger partial charge in [-0.2, -0.15) is 0 Å². The van der Waals surface area contributed by atoms with E-state index in [-0.39, 0.29) is 0 Å². The first kappa shape index (κ1) is 12.1. The van der Waals surface area contributed by atoms with Gasteiger partial charge in [-0.15, -0.1) is 0 Å². The van der Waals surface area contributed by atoms with Crippen LogP contribution in [0.25, 0.3) is 0 Å². The monoisotopic (exact) mass is 224 g/mol. The van der Waals surface area contributed by atoms with Crippen molar-refractivity contribution in [1.29, 1.82) is 0 Å². The van der Waals surface area contributed by atoms with Crippen LogP contribution in [0.3, 0.4) is 0 Å². The van der Waals surface area contributed by atoms with Crippen LogP contribution >= 0.6 is 0 Å². The Kier molecular flexibility index (Phi) is 4.79. The topological polar surface area (TPSA) is 41.1 Å². The summed E-state index contributed by atoms with van der Waals surface area (Å²) >= 11 is 0. The normalized spacial score (nSPS) is 31.2. The summed E-state index contributed by atoms with van der Waals surface area (Å²) in [6.45, 7) is 4.37. The minimum atomic E-state index is 0.488. The molecule has 0 aromatic rings. The fourth-order valence-electron chi connectivity index (χ4n) is 2.92. The molecule has 2 aliphatic rings. The van der Waals surface area contributed by atoms with Gasteiger partial charge in [-0.05, 0) is 63.7 Å². The van der Waals surface area contributed by atoms with Gasteiger partial charge in [0.1, 0.15) is 5.78 Å². The molecule has 0 amide bonds. The van der Waals surface area contributed by atoms with Gasteiger partial charge in [-0.3, -0.25) is 4.79 Å². The van der Waals surface area contributed by atoms with Gasteiger partial charge in [-0.25, -0.2) is 0 Å². The molecule has 2 atom stereocenters. The summed E-state index contributed by atoms with van der Waals surface area (Å²) < 4.78 is 0. The van der Waals surface area contributed by atoms with Gasteiger partial charge in [0.15, 0.2) is 0 Å². The van der Waals surface area contributed by atoms with Gasteiger partial charge in [0.25, 0.3) is 0 Å². The molecule has 2 N–H and O–H groups in total. The second-order valence-corrected chi connectivity index (χ2v) is 5.37. The Morgan fingerprint density at radius 2 is 1.44 bits per heavy atom. The standard InChI is InChI=1S/C13H24N2O/c16-13(7-11-3-1-5-14-9-11)8-12-4-2-6-15-10-12/h11-12,14-15H,1-10H2. The average Bonchev–Trinajstić information content (AvgIpc) is 2.31. The van der Waals surface area contributed by atoms with Crippen molar-refractivity contribution in [3.8, 4) is 0 Å². The first-order chi connectivity index (χ1) is 7.84. The first-order valence-electron chi connectivity index (χ1n) is 6.77. The molecule has 0 radical (unpaired) electrons. The number of hydrogen-bond donors (Lipinski definition) is 2. The molecule has 0 saturated carbocycles. The van der Waals surface area contributed by atoms with E-state index < -0.39 is 0 Å². The predicted octanol–water partition coefficient (Wildman–Crippen LogP) is 1.33. The Morgan fingerprint density at radius 3 is 1.81 bits per heavy atom. The van der Waals surface area contributed by atoms with Gasteiger partial charge >= 0.3 is 0 Å². The third kappa shape index (κ3) is 3.87. The van der Waals surface area contributed by atoms with Crippen molar-refractivity contribution < 1.29 is 4.79 Å². The Bertz CT molecular complexity index is 196. The van der Waals surface area contributed by atoms with Crippen LogP contribution in [0.2, 0.25) is 0 Å². The molecule has 0 aromatic heterocycles. The molecule has 0 aliphatic carbocycles. The zero-order valence-electron chi connectivity index (χ0n) is 10.1. The van der Waals surface area contributed by atoms with E-state index in [4.69, 9.17) is 0 Å². The van der Waals surface area contributed by atoms with E-state index in [2.05, 4.69) is 10.6 Å². The summed E-state index contributed by atoms with van der Waals surface area (Å²) in [6, 6.07) is 0. The molecule has 2 fully saturated rings. The second-order valence-electron chi connectivity index (χ2n) is 5.37. The number of carbonyl (C=O) groups excluding carboxylic acids is 1. The second kappa shape index (κ2) is 6.36. The van der Waals surface area contributed by atoms with E-state index in [1.807, 2.05) is 0 Å². The highest BCUT2D eigenvalue weighted by Crippen LogP contribution is 2.19. The van der Waals surface area contributed by atoms with Crippen molar-refractivity contribution >= 4 is 5.78 Å².